The average molecular weight is 241 g/mol. The topological polar surface area (TPSA) is 55.8 Å². The van der Waals surface area contributed by atoms with Crippen molar-refractivity contribution in [2.24, 2.45) is 5.92 Å². The average Bonchev–Trinajstić information content (AvgIpc) is 2.58. The first kappa shape index (κ1) is 13.9. The van der Waals surface area contributed by atoms with Crippen molar-refractivity contribution in [2.75, 3.05) is 33.0 Å². The normalized spacial score (nSPS) is 15.4. The zero-order valence-electron chi connectivity index (χ0n) is 10.3. The summed E-state index contributed by atoms with van der Waals surface area (Å²) in [6.45, 7) is 6.56. The van der Waals surface area contributed by atoms with Crippen molar-refractivity contribution < 1.29 is 19.1 Å². The number of amides is 2. The number of hydrogen-bond acceptors (Lipinski definition) is 4. The molecule has 2 amide bonds. The number of carbonyl (C=O) groups excluding carboxylic acids is 2. The van der Waals surface area contributed by atoms with Crippen LogP contribution in [0.15, 0.2) is 12.2 Å². The van der Waals surface area contributed by atoms with E-state index in [9.17, 15) is 9.59 Å². The second-order valence-corrected chi connectivity index (χ2v) is 4.24. The molecule has 0 saturated heterocycles. The lowest BCUT2D eigenvalue weighted by atomic mass is 10.2. The minimum Gasteiger partial charge on any atom is -0.379 e. The van der Waals surface area contributed by atoms with Crippen molar-refractivity contribution in [1.82, 2.24) is 4.90 Å². The van der Waals surface area contributed by atoms with E-state index in [4.69, 9.17) is 9.47 Å². The summed E-state index contributed by atoms with van der Waals surface area (Å²) in [5.41, 5.74) is 0. The fraction of sp³-hybridized carbons (Fsp3) is 0.667. The van der Waals surface area contributed by atoms with Crippen molar-refractivity contribution in [3.8, 4) is 0 Å². The maximum Gasteiger partial charge on any atom is 0.253 e. The van der Waals surface area contributed by atoms with Gasteiger partial charge in [0, 0.05) is 18.8 Å². The number of nitrogens with zero attached hydrogens (tertiary/aromatic N) is 1. The van der Waals surface area contributed by atoms with Crippen molar-refractivity contribution in [3.63, 3.8) is 0 Å². The molecular weight excluding hydrogens is 222 g/mol. The monoisotopic (exact) mass is 241 g/mol. The summed E-state index contributed by atoms with van der Waals surface area (Å²) >= 11 is 0. The lowest BCUT2D eigenvalue weighted by Gasteiger charge is -2.13. The molecule has 0 aromatic rings. The molecule has 0 spiro atoms. The van der Waals surface area contributed by atoms with Gasteiger partial charge in [-0.05, 0) is 5.92 Å². The Bertz CT molecular complexity index is 281. The molecule has 0 aromatic heterocycles. The highest BCUT2D eigenvalue weighted by molar-refractivity contribution is 6.12. The highest BCUT2D eigenvalue weighted by Gasteiger charge is 2.22. The van der Waals surface area contributed by atoms with Gasteiger partial charge in [0.1, 0.15) is 0 Å². The molecule has 0 bridgehead atoms. The summed E-state index contributed by atoms with van der Waals surface area (Å²) in [5, 5.41) is 0. The highest BCUT2D eigenvalue weighted by atomic mass is 16.5. The molecule has 1 aliphatic heterocycles. The van der Waals surface area contributed by atoms with Gasteiger partial charge in [-0.15, -0.1) is 0 Å². The standard InChI is InChI=1S/C12H19NO4/c1-10(2)9-17-8-7-16-6-5-13-11(14)3-4-12(13)15/h3-4,10H,5-9H2,1-2H3. The van der Waals surface area contributed by atoms with E-state index in [-0.39, 0.29) is 11.8 Å². The van der Waals surface area contributed by atoms with Gasteiger partial charge < -0.3 is 9.47 Å². The van der Waals surface area contributed by atoms with Crippen LogP contribution in [0.2, 0.25) is 0 Å². The summed E-state index contributed by atoms with van der Waals surface area (Å²) in [7, 11) is 0. The lowest BCUT2D eigenvalue weighted by Crippen LogP contribution is -2.33. The Kier molecular flexibility index (Phi) is 5.86. The van der Waals surface area contributed by atoms with Gasteiger partial charge in [-0.1, -0.05) is 13.8 Å². The molecule has 0 unspecified atom stereocenters. The smallest absolute Gasteiger partial charge is 0.253 e. The first-order valence-corrected chi connectivity index (χ1v) is 5.80. The van der Waals surface area contributed by atoms with Gasteiger partial charge in [-0.3, -0.25) is 14.5 Å². The van der Waals surface area contributed by atoms with Crippen LogP contribution in [0.4, 0.5) is 0 Å². The number of hydrogen-bond donors (Lipinski definition) is 0. The Morgan fingerprint density at radius 3 is 2.24 bits per heavy atom. The molecular formula is C12H19NO4. The molecule has 0 N–H and O–H groups in total. The molecule has 0 aromatic carbocycles. The van der Waals surface area contributed by atoms with Gasteiger partial charge in [0.2, 0.25) is 0 Å². The minimum atomic E-state index is -0.269. The first-order chi connectivity index (χ1) is 8.11. The molecule has 5 heteroatoms. The van der Waals surface area contributed by atoms with Gasteiger partial charge in [0.15, 0.2) is 0 Å². The van der Waals surface area contributed by atoms with Gasteiger partial charge in [-0.25, -0.2) is 0 Å². The molecule has 96 valence electrons. The van der Waals surface area contributed by atoms with Crippen LogP contribution in [-0.2, 0) is 19.1 Å². The van der Waals surface area contributed by atoms with E-state index in [1.54, 1.807) is 0 Å². The van der Waals surface area contributed by atoms with Crippen LogP contribution in [-0.4, -0.2) is 49.7 Å². The Balaban J connectivity index is 1.98. The van der Waals surface area contributed by atoms with Crippen LogP contribution in [0.5, 0.6) is 0 Å². The number of rotatable bonds is 8. The Hall–Kier alpha value is -1.20. The van der Waals surface area contributed by atoms with Gasteiger partial charge >= 0.3 is 0 Å². The van der Waals surface area contributed by atoms with Gasteiger partial charge in [0.25, 0.3) is 11.8 Å². The highest BCUT2D eigenvalue weighted by Crippen LogP contribution is 2.02. The quantitative estimate of drug-likeness (QED) is 0.461. The van der Waals surface area contributed by atoms with Crippen LogP contribution in [0.3, 0.4) is 0 Å². The molecule has 0 radical (unpaired) electrons. The van der Waals surface area contributed by atoms with Crippen molar-refractivity contribution in [2.45, 2.75) is 13.8 Å². The van der Waals surface area contributed by atoms with Crippen molar-refractivity contribution >= 4 is 11.8 Å². The van der Waals surface area contributed by atoms with E-state index >= 15 is 0 Å². The van der Waals surface area contributed by atoms with E-state index in [1.807, 2.05) is 0 Å². The molecule has 17 heavy (non-hydrogen) atoms. The Labute approximate surface area is 101 Å². The summed E-state index contributed by atoms with van der Waals surface area (Å²) in [4.78, 5) is 23.5. The molecule has 1 heterocycles. The van der Waals surface area contributed by atoms with Crippen molar-refractivity contribution in [3.05, 3.63) is 12.2 Å². The van der Waals surface area contributed by atoms with Crippen LogP contribution >= 0.6 is 0 Å². The molecule has 1 rings (SSSR count). The molecule has 0 aliphatic carbocycles. The summed E-state index contributed by atoms with van der Waals surface area (Å²) in [6, 6.07) is 0. The van der Waals surface area contributed by atoms with E-state index in [2.05, 4.69) is 13.8 Å². The summed E-state index contributed by atoms with van der Waals surface area (Å²) < 4.78 is 10.6. The predicted octanol–water partition coefficient (Wildman–Crippen LogP) is 0.601. The molecule has 5 nitrogen and oxygen atoms in total. The molecule has 0 saturated carbocycles. The maximum absolute atomic E-state index is 11.2. The summed E-state index contributed by atoms with van der Waals surface area (Å²) in [5.74, 6) is -0.0229. The van der Waals surface area contributed by atoms with E-state index in [0.717, 1.165) is 11.5 Å². The fourth-order valence-electron chi connectivity index (χ4n) is 1.35. The third kappa shape index (κ3) is 5.10. The largest absolute Gasteiger partial charge is 0.379 e. The second kappa shape index (κ2) is 7.19. The second-order valence-electron chi connectivity index (χ2n) is 4.24. The first-order valence-electron chi connectivity index (χ1n) is 5.80. The molecule has 0 fully saturated rings. The third-order valence-electron chi connectivity index (χ3n) is 2.18. The van der Waals surface area contributed by atoms with E-state index in [1.165, 1.54) is 12.2 Å². The zero-order chi connectivity index (χ0) is 12.7. The number of carbonyl (C=O) groups is 2. The van der Waals surface area contributed by atoms with Crippen LogP contribution in [0.25, 0.3) is 0 Å². The SMILES string of the molecule is CC(C)COCCOCCN1C(=O)C=CC1=O. The van der Waals surface area contributed by atoms with Crippen LogP contribution < -0.4 is 0 Å². The molecule has 0 atom stereocenters. The Morgan fingerprint density at radius 2 is 1.65 bits per heavy atom. The summed E-state index contributed by atoms with van der Waals surface area (Å²) in [6.07, 6.45) is 2.54. The zero-order valence-corrected chi connectivity index (χ0v) is 10.3. The third-order valence-corrected chi connectivity index (χ3v) is 2.18. The van der Waals surface area contributed by atoms with Crippen LogP contribution in [0.1, 0.15) is 13.8 Å². The number of ether oxygens (including phenoxy) is 2. The maximum atomic E-state index is 11.2. The van der Waals surface area contributed by atoms with E-state index < -0.39 is 0 Å². The predicted molar refractivity (Wildman–Crippen MR) is 62.3 cm³/mol. The fourth-order valence-corrected chi connectivity index (χ4v) is 1.35. The van der Waals surface area contributed by atoms with Crippen molar-refractivity contribution in [1.29, 1.82) is 0 Å². The van der Waals surface area contributed by atoms with Gasteiger partial charge in [-0.2, -0.15) is 0 Å². The van der Waals surface area contributed by atoms with Gasteiger partial charge in [0.05, 0.1) is 26.4 Å². The Morgan fingerprint density at radius 1 is 1.06 bits per heavy atom. The lowest BCUT2D eigenvalue weighted by molar-refractivity contribution is -0.137. The van der Waals surface area contributed by atoms with E-state index in [0.29, 0.717) is 32.3 Å². The molecule has 1 aliphatic rings. The minimum absolute atomic E-state index is 0.269. The van der Waals surface area contributed by atoms with Crippen LogP contribution in [0, 0.1) is 5.92 Å². The number of imide groups is 1.